The minimum absolute atomic E-state index is 0.450. The molecule has 2 heteroatoms. The summed E-state index contributed by atoms with van der Waals surface area (Å²) in [5.74, 6) is -1.97. The predicted octanol–water partition coefficient (Wildman–Crippen LogP) is 5.01. The molecule has 0 radical (unpaired) electrons. The van der Waals surface area contributed by atoms with E-state index in [1.165, 1.54) is 6.92 Å². The van der Waals surface area contributed by atoms with E-state index < -0.39 is 19.1 Å². The maximum absolute atomic E-state index is 8.63. The van der Waals surface area contributed by atoms with Gasteiger partial charge in [-0.3, -0.25) is 9.97 Å². The smallest absolute Gasteiger partial charge is 0.0967 e. The van der Waals surface area contributed by atoms with E-state index in [2.05, 4.69) is 9.97 Å². The Hall–Kier alpha value is -2.48. The first-order valence-corrected chi connectivity index (χ1v) is 7.11. The van der Waals surface area contributed by atoms with Crippen LogP contribution in [0.5, 0.6) is 0 Å². The van der Waals surface area contributed by atoms with Gasteiger partial charge in [0.1, 0.15) is 0 Å². The summed E-state index contributed by atoms with van der Waals surface area (Å²) in [5.41, 5.74) is 3.09. The quantitative estimate of drug-likeness (QED) is 0.676. The van der Waals surface area contributed by atoms with Gasteiger partial charge in [0.15, 0.2) is 0 Å². The maximum atomic E-state index is 8.63. The zero-order valence-corrected chi connectivity index (χ0v) is 12.3. The molecule has 0 saturated heterocycles. The number of rotatable bonds is 4. The lowest BCUT2D eigenvalue weighted by Gasteiger charge is -2.15. The van der Waals surface area contributed by atoms with Crippen LogP contribution >= 0.6 is 0 Å². The van der Waals surface area contributed by atoms with Crippen molar-refractivity contribution in [2.45, 2.75) is 20.2 Å². The highest BCUT2D eigenvalue weighted by molar-refractivity contribution is 5.81. The lowest BCUT2D eigenvalue weighted by Crippen LogP contribution is -2.01. The summed E-state index contributed by atoms with van der Waals surface area (Å²) in [6.45, 7) is -1.31. The average molecular weight is 293 g/mol. The molecular formula is C20H20N2. The monoisotopic (exact) mass is 293 g/mol. The lowest BCUT2D eigenvalue weighted by atomic mass is 9.92. The van der Waals surface area contributed by atoms with Gasteiger partial charge in [-0.25, -0.2) is 0 Å². The van der Waals surface area contributed by atoms with E-state index in [0.29, 0.717) is 22.5 Å². The SMILES string of the molecule is [2H]C(c1ccnc(-c2ccccn2)c1-c1ccccc1)C([2H])(C)C([2H])([2H])[2H]. The normalized spacial score (nSPS) is 18.9. The van der Waals surface area contributed by atoms with Crippen LogP contribution < -0.4 is 0 Å². The van der Waals surface area contributed by atoms with Crippen LogP contribution in [0, 0.1) is 5.89 Å². The van der Waals surface area contributed by atoms with Crippen molar-refractivity contribution in [1.29, 1.82) is 0 Å². The molecule has 0 saturated carbocycles. The van der Waals surface area contributed by atoms with Crippen LogP contribution in [0.25, 0.3) is 22.5 Å². The molecule has 0 fully saturated rings. The minimum atomic E-state index is -2.60. The Balaban J connectivity index is 2.27. The topological polar surface area (TPSA) is 25.8 Å². The van der Waals surface area contributed by atoms with Crippen LogP contribution in [0.15, 0.2) is 67.0 Å². The number of hydrogen-bond acceptors (Lipinski definition) is 2. The van der Waals surface area contributed by atoms with Gasteiger partial charge in [-0.2, -0.15) is 0 Å². The van der Waals surface area contributed by atoms with Gasteiger partial charge in [-0.05, 0) is 41.6 Å². The molecule has 0 aliphatic rings. The van der Waals surface area contributed by atoms with Crippen molar-refractivity contribution in [3.05, 3.63) is 72.6 Å². The highest BCUT2D eigenvalue weighted by Gasteiger charge is 2.15. The van der Waals surface area contributed by atoms with E-state index in [-0.39, 0.29) is 0 Å². The van der Waals surface area contributed by atoms with Gasteiger partial charge in [-0.15, -0.1) is 0 Å². The Bertz CT molecular complexity index is 909. The standard InChI is InChI=1S/C20H20N2/c1-15(2)14-17-11-13-22-20(18-10-6-7-12-21-18)19(17)16-8-4-3-5-9-16/h3-13,15H,14H2,1-2H3/i1D3,14D,15D. The molecule has 0 N–H and O–H groups in total. The van der Waals surface area contributed by atoms with Crippen molar-refractivity contribution in [1.82, 2.24) is 9.97 Å². The Morgan fingerprint density at radius 2 is 1.86 bits per heavy atom. The number of nitrogens with zero attached hydrogens (tertiary/aromatic N) is 2. The van der Waals surface area contributed by atoms with Crippen LogP contribution in [0.1, 0.15) is 26.2 Å². The number of pyridine rings is 2. The molecule has 0 aliphatic carbocycles. The fourth-order valence-electron chi connectivity index (χ4n) is 2.44. The zero-order valence-electron chi connectivity index (χ0n) is 17.3. The summed E-state index contributed by atoms with van der Waals surface area (Å²) in [4.78, 5) is 8.83. The van der Waals surface area contributed by atoms with E-state index in [1.807, 2.05) is 42.5 Å². The van der Waals surface area contributed by atoms with E-state index in [4.69, 9.17) is 6.85 Å². The molecular weight excluding hydrogens is 268 g/mol. The molecule has 1 aromatic carbocycles. The average Bonchev–Trinajstić information content (AvgIpc) is 2.67. The van der Waals surface area contributed by atoms with E-state index >= 15 is 0 Å². The lowest BCUT2D eigenvalue weighted by molar-refractivity contribution is 0.648. The summed E-state index contributed by atoms with van der Waals surface area (Å²) >= 11 is 0. The molecule has 0 amide bonds. The molecule has 2 nitrogen and oxygen atoms in total. The second kappa shape index (κ2) is 6.52. The molecule has 2 heterocycles. The fraction of sp³-hybridized carbons (Fsp3) is 0.200. The fourth-order valence-corrected chi connectivity index (χ4v) is 2.44. The largest absolute Gasteiger partial charge is 0.255 e. The maximum Gasteiger partial charge on any atom is 0.0967 e. The van der Waals surface area contributed by atoms with E-state index in [9.17, 15) is 0 Å². The molecule has 0 spiro atoms. The molecule has 2 aromatic heterocycles. The molecule has 2 unspecified atom stereocenters. The molecule has 3 aromatic rings. The van der Waals surface area contributed by atoms with Gasteiger partial charge >= 0.3 is 0 Å². The zero-order chi connectivity index (χ0) is 19.7. The third-order valence-corrected chi connectivity index (χ3v) is 3.33. The first kappa shape index (κ1) is 9.52. The molecule has 0 bridgehead atoms. The molecule has 0 aliphatic heterocycles. The number of benzene rings is 1. The second-order valence-electron chi connectivity index (χ2n) is 5.03. The summed E-state index contributed by atoms with van der Waals surface area (Å²) in [5, 5.41) is 0. The summed E-state index contributed by atoms with van der Waals surface area (Å²) in [6.07, 6.45) is 1.92. The third-order valence-electron chi connectivity index (χ3n) is 3.33. The molecule has 22 heavy (non-hydrogen) atoms. The van der Waals surface area contributed by atoms with Crippen molar-refractivity contribution in [3.63, 3.8) is 0 Å². The second-order valence-corrected chi connectivity index (χ2v) is 5.03. The van der Waals surface area contributed by atoms with Crippen LogP contribution in [0.2, 0.25) is 0 Å². The third kappa shape index (κ3) is 3.06. The van der Waals surface area contributed by atoms with Crippen molar-refractivity contribution in [3.8, 4) is 22.5 Å². The van der Waals surface area contributed by atoms with E-state index in [1.54, 1.807) is 24.5 Å². The molecule has 3 rings (SSSR count). The Labute approximate surface area is 138 Å². The first-order valence-electron chi connectivity index (χ1n) is 9.69. The van der Waals surface area contributed by atoms with Crippen molar-refractivity contribution in [2.24, 2.45) is 5.89 Å². The van der Waals surface area contributed by atoms with Crippen molar-refractivity contribution in [2.75, 3.05) is 0 Å². The number of aromatic nitrogens is 2. The Morgan fingerprint density at radius 1 is 1.05 bits per heavy atom. The predicted molar refractivity (Wildman–Crippen MR) is 91.4 cm³/mol. The van der Waals surface area contributed by atoms with Gasteiger partial charge in [0.25, 0.3) is 0 Å². The molecule has 2 atom stereocenters. The van der Waals surface area contributed by atoms with E-state index in [0.717, 1.165) is 5.56 Å². The highest BCUT2D eigenvalue weighted by Crippen LogP contribution is 2.33. The molecule has 110 valence electrons. The van der Waals surface area contributed by atoms with Gasteiger partial charge in [0, 0.05) is 24.8 Å². The van der Waals surface area contributed by atoms with Crippen LogP contribution in [-0.4, -0.2) is 9.97 Å². The Morgan fingerprint density at radius 3 is 2.59 bits per heavy atom. The van der Waals surface area contributed by atoms with Gasteiger partial charge < -0.3 is 0 Å². The summed E-state index contributed by atoms with van der Waals surface area (Å²) < 4.78 is 40.1. The summed E-state index contributed by atoms with van der Waals surface area (Å²) in [7, 11) is 0. The highest BCUT2D eigenvalue weighted by atomic mass is 14.8. The first-order chi connectivity index (χ1) is 12.7. The Kier molecular flexibility index (Phi) is 2.82. The van der Waals surface area contributed by atoms with Gasteiger partial charge in [-0.1, -0.05) is 50.2 Å². The number of hydrogen-bond donors (Lipinski definition) is 0. The van der Waals surface area contributed by atoms with Gasteiger partial charge in [0.05, 0.1) is 11.4 Å². The van der Waals surface area contributed by atoms with Crippen LogP contribution in [-0.2, 0) is 6.40 Å². The van der Waals surface area contributed by atoms with Gasteiger partial charge in [0.2, 0.25) is 0 Å². The van der Waals surface area contributed by atoms with Crippen LogP contribution in [0.3, 0.4) is 0 Å². The van der Waals surface area contributed by atoms with Crippen molar-refractivity contribution >= 4 is 0 Å². The minimum Gasteiger partial charge on any atom is -0.255 e. The van der Waals surface area contributed by atoms with Crippen LogP contribution in [0.4, 0.5) is 0 Å². The van der Waals surface area contributed by atoms with Crippen molar-refractivity contribution < 1.29 is 6.85 Å². The summed E-state index contributed by atoms with van der Waals surface area (Å²) in [6, 6.07) is 16.5.